The maximum absolute atomic E-state index is 12.5. The van der Waals surface area contributed by atoms with Crippen LogP contribution in [0.2, 0.25) is 0 Å². The molecule has 2 aromatic heterocycles. The number of anilines is 2. The predicted octanol–water partition coefficient (Wildman–Crippen LogP) is 2.73. The number of amides is 1. The number of aromatic nitrogens is 2. The van der Waals surface area contributed by atoms with Gasteiger partial charge in [-0.25, -0.2) is 4.98 Å². The van der Waals surface area contributed by atoms with E-state index in [4.69, 9.17) is 0 Å². The number of rotatable bonds is 5. The van der Waals surface area contributed by atoms with Crippen LogP contribution in [0.3, 0.4) is 0 Å². The van der Waals surface area contributed by atoms with E-state index < -0.39 is 0 Å². The zero-order valence-electron chi connectivity index (χ0n) is 15.7. The van der Waals surface area contributed by atoms with Gasteiger partial charge in [0.25, 0.3) is 5.91 Å². The molecule has 1 fully saturated rings. The predicted molar refractivity (Wildman–Crippen MR) is 111 cm³/mol. The molecule has 142 valence electrons. The molecule has 1 saturated heterocycles. The highest BCUT2D eigenvalue weighted by Crippen LogP contribution is 2.19. The van der Waals surface area contributed by atoms with E-state index in [0.29, 0.717) is 12.1 Å². The number of piperazine rings is 1. The fraction of sp³-hybridized carbons (Fsp3) is 0.227. The van der Waals surface area contributed by atoms with E-state index in [1.165, 1.54) is 5.69 Å². The van der Waals surface area contributed by atoms with Crippen molar-refractivity contribution in [3.05, 3.63) is 84.3 Å². The molecule has 1 aromatic carbocycles. The van der Waals surface area contributed by atoms with Crippen molar-refractivity contribution in [1.29, 1.82) is 0 Å². The molecule has 0 radical (unpaired) electrons. The Morgan fingerprint density at radius 2 is 1.71 bits per heavy atom. The minimum atomic E-state index is -0.101. The van der Waals surface area contributed by atoms with Crippen LogP contribution in [-0.4, -0.2) is 42.1 Å². The van der Waals surface area contributed by atoms with Crippen molar-refractivity contribution in [2.45, 2.75) is 6.54 Å². The number of pyridine rings is 2. The summed E-state index contributed by atoms with van der Waals surface area (Å²) in [6.45, 7) is 4.08. The lowest BCUT2D eigenvalue weighted by Crippen LogP contribution is -2.46. The van der Waals surface area contributed by atoms with Crippen molar-refractivity contribution < 1.29 is 4.79 Å². The zero-order valence-corrected chi connectivity index (χ0v) is 15.7. The summed E-state index contributed by atoms with van der Waals surface area (Å²) in [6.07, 6.45) is 5.18. The first-order valence-electron chi connectivity index (χ1n) is 9.48. The highest BCUT2D eigenvalue weighted by molar-refractivity contribution is 5.94. The van der Waals surface area contributed by atoms with Crippen molar-refractivity contribution in [3.63, 3.8) is 0 Å². The van der Waals surface area contributed by atoms with Gasteiger partial charge in [0.2, 0.25) is 0 Å². The number of nitrogens with zero attached hydrogens (tertiary/aromatic N) is 4. The molecular formula is C22H23N5O. The second-order valence-electron chi connectivity index (χ2n) is 6.76. The van der Waals surface area contributed by atoms with Crippen molar-refractivity contribution in [1.82, 2.24) is 15.3 Å². The van der Waals surface area contributed by atoms with Gasteiger partial charge in [-0.2, -0.15) is 0 Å². The summed E-state index contributed by atoms with van der Waals surface area (Å²) < 4.78 is 0. The number of carbonyl (C=O) groups excluding carboxylic acids is 1. The largest absolute Gasteiger partial charge is 0.368 e. The highest BCUT2D eigenvalue weighted by Gasteiger charge is 2.19. The molecule has 1 aliphatic rings. The van der Waals surface area contributed by atoms with E-state index in [1.54, 1.807) is 24.7 Å². The van der Waals surface area contributed by atoms with Crippen molar-refractivity contribution in [2.24, 2.45) is 0 Å². The molecular weight excluding hydrogens is 350 g/mol. The molecule has 1 amide bonds. The summed E-state index contributed by atoms with van der Waals surface area (Å²) in [6, 6.07) is 17.9. The summed E-state index contributed by atoms with van der Waals surface area (Å²) in [5.74, 6) is 0.747. The maximum atomic E-state index is 12.5. The van der Waals surface area contributed by atoms with E-state index in [1.807, 2.05) is 24.3 Å². The standard InChI is InChI=1S/C22H23N5O/c28-22(25-17-18-5-4-9-23-16-18)19-8-10-24-21(15-19)27-13-11-26(12-14-27)20-6-2-1-3-7-20/h1-10,15-16H,11-14,17H2,(H,25,28). The van der Waals surface area contributed by atoms with Crippen LogP contribution in [0, 0.1) is 0 Å². The van der Waals surface area contributed by atoms with Gasteiger partial charge in [-0.15, -0.1) is 0 Å². The maximum Gasteiger partial charge on any atom is 0.251 e. The van der Waals surface area contributed by atoms with Gasteiger partial charge in [-0.05, 0) is 35.9 Å². The third-order valence-corrected chi connectivity index (χ3v) is 4.91. The average molecular weight is 373 g/mol. The van der Waals surface area contributed by atoms with Crippen LogP contribution in [0.5, 0.6) is 0 Å². The lowest BCUT2D eigenvalue weighted by Gasteiger charge is -2.36. The lowest BCUT2D eigenvalue weighted by atomic mass is 10.2. The molecule has 28 heavy (non-hydrogen) atoms. The number of para-hydroxylation sites is 1. The van der Waals surface area contributed by atoms with Crippen molar-refractivity contribution in [2.75, 3.05) is 36.0 Å². The molecule has 0 spiro atoms. The second kappa shape index (κ2) is 8.52. The molecule has 0 aliphatic carbocycles. The van der Waals surface area contributed by atoms with Crippen LogP contribution in [0.15, 0.2) is 73.2 Å². The normalized spacial score (nSPS) is 14.0. The molecule has 0 unspecified atom stereocenters. The molecule has 1 aliphatic heterocycles. The Bertz CT molecular complexity index is 908. The SMILES string of the molecule is O=C(NCc1cccnc1)c1ccnc(N2CCN(c3ccccc3)CC2)c1. The Kier molecular flexibility index (Phi) is 5.47. The van der Waals surface area contributed by atoms with Gasteiger partial charge in [0.05, 0.1) is 0 Å². The van der Waals surface area contributed by atoms with E-state index in [9.17, 15) is 4.79 Å². The molecule has 3 aromatic rings. The smallest absolute Gasteiger partial charge is 0.251 e. The van der Waals surface area contributed by atoms with E-state index in [0.717, 1.165) is 37.6 Å². The van der Waals surface area contributed by atoms with Gasteiger partial charge < -0.3 is 15.1 Å². The Hall–Kier alpha value is -3.41. The first-order chi connectivity index (χ1) is 13.8. The molecule has 0 saturated carbocycles. The summed E-state index contributed by atoms with van der Waals surface area (Å²) in [7, 11) is 0. The lowest BCUT2D eigenvalue weighted by molar-refractivity contribution is 0.0951. The van der Waals surface area contributed by atoms with E-state index >= 15 is 0 Å². The Balaban J connectivity index is 1.37. The fourth-order valence-corrected chi connectivity index (χ4v) is 3.35. The second-order valence-corrected chi connectivity index (χ2v) is 6.76. The first kappa shape index (κ1) is 18.0. The van der Waals surface area contributed by atoms with Crippen LogP contribution < -0.4 is 15.1 Å². The van der Waals surface area contributed by atoms with Gasteiger partial charge in [0.15, 0.2) is 0 Å². The van der Waals surface area contributed by atoms with Crippen molar-refractivity contribution in [3.8, 4) is 0 Å². The highest BCUT2D eigenvalue weighted by atomic mass is 16.1. The van der Waals surface area contributed by atoms with Gasteiger partial charge in [0, 0.05) is 62.6 Å². The van der Waals surface area contributed by atoms with Crippen LogP contribution >= 0.6 is 0 Å². The molecule has 4 rings (SSSR count). The van der Waals surface area contributed by atoms with Gasteiger partial charge in [-0.1, -0.05) is 24.3 Å². The van der Waals surface area contributed by atoms with Crippen LogP contribution in [0.4, 0.5) is 11.5 Å². The van der Waals surface area contributed by atoms with E-state index in [2.05, 4.69) is 49.4 Å². The van der Waals surface area contributed by atoms with E-state index in [-0.39, 0.29) is 5.91 Å². The summed E-state index contributed by atoms with van der Waals surface area (Å²) in [5, 5.41) is 2.94. The minimum Gasteiger partial charge on any atom is -0.368 e. The molecule has 6 nitrogen and oxygen atoms in total. The molecule has 0 bridgehead atoms. The zero-order chi connectivity index (χ0) is 19.2. The number of hydrogen-bond acceptors (Lipinski definition) is 5. The fourth-order valence-electron chi connectivity index (χ4n) is 3.35. The van der Waals surface area contributed by atoms with Crippen LogP contribution in [0.25, 0.3) is 0 Å². The topological polar surface area (TPSA) is 61.4 Å². The summed E-state index contributed by atoms with van der Waals surface area (Å²) >= 11 is 0. The Labute approximate surface area is 164 Å². The molecule has 3 heterocycles. The summed E-state index contributed by atoms with van der Waals surface area (Å²) in [5.41, 5.74) is 2.85. The number of benzene rings is 1. The number of hydrogen-bond donors (Lipinski definition) is 1. The average Bonchev–Trinajstić information content (AvgIpc) is 2.79. The van der Waals surface area contributed by atoms with Crippen molar-refractivity contribution >= 4 is 17.4 Å². The molecule has 6 heteroatoms. The third-order valence-electron chi connectivity index (χ3n) is 4.91. The molecule has 1 N–H and O–H groups in total. The van der Waals surface area contributed by atoms with Crippen LogP contribution in [-0.2, 0) is 6.54 Å². The number of nitrogens with one attached hydrogen (secondary N) is 1. The number of carbonyl (C=O) groups is 1. The first-order valence-corrected chi connectivity index (χ1v) is 9.48. The minimum absolute atomic E-state index is 0.101. The van der Waals surface area contributed by atoms with Gasteiger partial charge in [0.1, 0.15) is 5.82 Å². The summed E-state index contributed by atoms with van der Waals surface area (Å²) in [4.78, 5) is 25.7. The van der Waals surface area contributed by atoms with Crippen LogP contribution in [0.1, 0.15) is 15.9 Å². The van der Waals surface area contributed by atoms with Gasteiger partial charge in [-0.3, -0.25) is 9.78 Å². The molecule has 0 atom stereocenters. The van der Waals surface area contributed by atoms with Gasteiger partial charge >= 0.3 is 0 Å². The Morgan fingerprint density at radius 3 is 2.46 bits per heavy atom. The monoisotopic (exact) mass is 373 g/mol. The third kappa shape index (κ3) is 4.28. The Morgan fingerprint density at radius 1 is 0.929 bits per heavy atom. The quantitative estimate of drug-likeness (QED) is 0.745.